The van der Waals surface area contributed by atoms with Crippen LogP contribution in [-0.2, 0) is 11.2 Å². The zero-order valence-corrected chi connectivity index (χ0v) is 15.1. The maximum absolute atomic E-state index is 12.4. The van der Waals surface area contributed by atoms with Gasteiger partial charge >= 0.3 is 6.03 Å². The van der Waals surface area contributed by atoms with Crippen LogP contribution in [0.3, 0.4) is 0 Å². The van der Waals surface area contributed by atoms with Gasteiger partial charge in [-0.05, 0) is 54.5 Å². The molecule has 3 amide bonds. The highest BCUT2D eigenvalue weighted by molar-refractivity contribution is 7.14. The Morgan fingerprint density at radius 2 is 1.84 bits per heavy atom. The molecule has 3 rings (SSSR count). The lowest BCUT2D eigenvalue weighted by atomic mass is 9.96. The zero-order chi connectivity index (χ0) is 17.6. The molecule has 0 radical (unpaired) electrons. The summed E-state index contributed by atoms with van der Waals surface area (Å²) in [5, 5.41) is 8.66. The molecule has 0 bridgehead atoms. The van der Waals surface area contributed by atoms with Crippen molar-refractivity contribution in [1.29, 1.82) is 0 Å². The summed E-state index contributed by atoms with van der Waals surface area (Å²) < 4.78 is 0. The fraction of sp³-hybridized carbons (Fsp3) is 0.368. The Balaban J connectivity index is 1.47. The van der Waals surface area contributed by atoms with Gasteiger partial charge in [0.2, 0.25) is 5.91 Å². The first-order valence-electron chi connectivity index (χ1n) is 8.65. The molecule has 132 valence electrons. The SMILES string of the molecule is CCc1ccc(NC(=O)C2CCN(C(=O)Nc3cccs3)CC2)cc1. The fourth-order valence-corrected chi connectivity index (χ4v) is 3.55. The van der Waals surface area contributed by atoms with Crippen LogP contribution in [0.5, 0.6) is 0 Å². The van der Waals surface area contributed by atoms with E-state index in [1.54, 1.807) is 4.90 Å². The molecular weight excluding hydrogens is 334 g/mol. The average molecular weight is 357 g/mol. The summed E-state index contributed by atoms with van der Waals surface area (Å²) in [6.07, 6.45) is 2.37. The summed E-state index contributed by atoms with van der Waals surface area (Å²) in [5.41, 5.74) is 2.09. The van der Waals surface area contributed by atoms with Crippen molar-refractivity contribution in [3.8, 4) is 0 Å². The molecule has 1 saturated heterocycles. The van der Waals surface area contributed by atoms with Crippen LogP contribution in [0.25, 0.3) is 0 Å². The standard InChI is InChI=1S/C19H23N3O2S/c1-2-14-5-7-16(8-6-14)20-18(23)15-9-11-22(12-10-15)19(24)21-17-4-3-13-25-17/h3-8,13,15H,2,9-12H2,1H3,(H,20,23)(H,21,24). The van der Waals surface area contributed by atoms with Crippen molar-refractivity contribution in [2.45, 2.75) is 26.2 Å². The van der Waals surface area contributed by atoms with E-state index in [9.17, 15) is 9.59 Å². The maximum Gasteiger partial charge on any atom is 0.322 e. The molecule has 1 aliphatic rings. The number of rotatable bonds is 4. The first-order chi connectivity index (χ1) is 12.2. The second kappa shape index (κ2) is 8.16. The quantitative estimate of drug-likeness (QED) is 0.862. The molecule has 1 aromatic heterocycles. The van der Waals surface area contributed by atoms with Gasteiger partial charge in [0.05, 0.1) is 5.00 Å². The van der Waals surface area contributed by atoms with Crippen molar-refractivity contribution < 1.29 is 9.59 Å². The molecule has 6 heteroatoms. The first kappa shape index (κ1) is 17.5. The molecule has 0 unspecified atom stereocenters. The summed E-state index contributed by atoms with van der Waals surface area (Å²) in [4.78, 5) is 26.4. The number of hydrogen-bond donors (Lipinski definition) is 2. The number of carbonyl (C=O) groups excluding carboxylic acids is 2. The van der Waals surface area contributed by atoms with E-state index in [4.69, 9.17) is 0 Å². The van der Waals surface area contributed by atoms with Crippen molar-refractivity contribution in [2.24, 2.45) is 5.92 Å². The smallest absolute Gasteiger partial charge is 0.322 e. The Labute approximate surface area is 152 Å². The molecule has 5 nitrogen and oxygen atoms in total. The normalized spacial score (nSPS) is 15.0. The van der Waals surface area contributed by atoms with Crippen LogP contribution >= 0.6 is 11.3 Å². The van der Waals surface area contributed by atoms with E-state index in [-0.39, 0.29) is 17.9 Å². The Hall–Kier alpha value is -2.34. The minimum absolute atomic E-state index is 0.0440. The number of amides is 3. The molecule has 1 aliphatic heterocycles. The molecule has 1 aromatic carbocycles. The third-order valence-electron chi connectivity index (χ3n) is 4.53. The third kappa shape index (κ3) is 4.60. The van der Waals surface area contributed by atoms with E-state index < -0.39 is 0 Å². The van der Waals surface area contributed by atoms with E-state index >= 15 is 0 Å². The topological polar surface area (TPSA) is 61.4 Å². The molecular formula is C19H23N3O2S. The molecule has 2 heterocycles. The zero-order valence-electron chi connectivity index (χ0n) is 14.3. The van der Waals surface area contributed by atoms with Gasteiger partial charge < -0.3 is 10.2 Å². The number of aryl methyl sites for hydroxylation is 1. The maximum atomic E-state index is 12.4. The second-order valence-corrected chi connectivity index (χ2v) is 7.16. The van der Waals surface area contributed by atoms with E-state index in [1.807, 2.05) is 41.8 Å². The number of hydrogen-bond acceptors (Lipinski definition) is 3. The lowest BCUT2D eigenvalue weighted by molar-refractivity contribution is -0.121. The van der Waals surface area contributed by atoms with Crippen molar-refractivity contribution in [2.75, 3.05) is 23.7 Å². The van der Waals surface area contributed by atoms with Gasteiger partial charge in [-0.25, -0.2) is 4.79 Å². The summed E-state index contributed by atoms with van der Waals surface area (Å²) in [6, 6.07) is 11.7. The largest absolute Gasteiger partial charge is 0.326 e. The van der Waals surface area contributed by atoms with Crippen LogP contribution in [-0.4, -0.2) is 29.9 Å². The van der Waals surface area contributed by atoms with Gasteiger partial charge in [-0.1, -0.05) is 19.1 Å². The van der Waals surface area contributed by atoms with Gasteiger partial charge in [-0.2, -0.15) is 0 Å². The van der Waals surface area contributed by atoms with Gasteiger partial charge in [0.25, 0.3) is 0 Å². The van der Waals surface area contributed by atoms with E-state index in [0.717, 1.165) is 17.1 Å². The summed E-state index contributed by atoms with van der Waals surface area (Å²) >= 11 is 1.50. The molecule has 2 N–H and O–H groups in total. The minimum atomic E-state index is -0.0866. The molecule has 0 spiro atoms. The highest BCUT2D eigenvalue weighted by Crippen LogP contribution is 2.22. The molecule has 0 saturated carbocycles. The molecule has 2 aromatic rings. The lowest BCUT2D eigenvalue weighted by Gasteiger charge is -2.31. The van der Waals surface area contributed by atoms with Gasteiger partial charge in [-0.15, -0.1) is 11.3 Å². The van der Waals surface area contributed by atoms with Gasteiger partial charge in [0.1, 0.15) is 0 Å². The number of urea groups is 1. The highest BCUT2D eigenvalue weighted by atomic mass is 32.1. The van der Waals surface area contributed by atoms with Crippen LogP contribution < -0.4 is 10.6 Å². The van der Waals surface area contributed by atoms with Gasteiger partial charge in [0, 0.05) is 24.7 Å². The number of carbonyl (C=O) groups is 2. The summed E-state index contributed by atoms with van der Waals surface area (Å²) in [6.45, 7) is 3.31. The number of thiophene rings is 1. The average Bonchev–Trinajstić information content (AvgIpc) is 3.15. The number of benzene rings is 1. The Morgan fingerprint density at radius 3 is 2.44 bits per heavy atom. The van der Waals surface area contributed by atoms with Crippen LogP contribution in [0.1, 0.15) is 25.3 Å². The van der Waals surface area contributed by atoms with Gasteiger partial charge in [-0.3, -0.25) is 10.1 Å². The number of likely N-dealkylation sites (tertiary alicyclic amines) is 1. The van der Waals surface area contributed by atoms with E-state index in [1.165, 1.54) is 16.9 Å². The van der Waals surface area contributed by atoms with Crippen molar-refractivity contribution in [3.63, 3.8) is 0 Å². The van der Waals surface area contributed by atoms with Crippen molar-refractivity contribution >= 4 is 34.0 Å². The molecule has 1 fully saturated rings. The third-order valence-corrected chi connectivity index (χ3v) is 5.32. The van der Waals surface area contributed by atoms with E-state index in [0.29, 0.717) is 25.9 Å². The fourth-order valence-electron chi connectivity index (χ4n) is 2.95. The Kier molecular flexibility index (Phi) is 5.71. The van der Waals surface area contributed by atoms with Crippen molar-refractivity contribution in [1.82, 2.24) is 4.90 Å². The number of nitrogens with one attached hydrogen (secondary N) is 2. The predicted octanol–water partition coefficient (Wildman–Crippen LogP) is 4.19. The van der Waals surface area contributed by atoms with Crippen LogP contribution in [0.4, 0.5) is 15.5 Å². The summed E-state index contributed by atoms with van der Waals surface area (Å²) in [7, 11) is 0. The van der Waals surface area contributed by atoms with Crippen LogP contribution in [0.2, 0.25) is 0 Å². The summed E-state index contributed by atoms with van der Waals surface area (Å²) in [5.74, 6) is -0.000738. The molecule has 0 aliphatic carbocycles. The highest BCUT2D eigenvalue weighted by Gasteiger charge is 2.27. The number of piperidine rings is 1. The number of anilines is 2. The monoisotopic (exact) mass is 357 g/mol. The van der Waals surface area contributed by atoms with Gasteiger partial charge in [0.15, 0.2) is 0 Å². The Morgan fingerprint density at radius 1 is 1.12 bits per heavy atom. The van der Waals surface area contributed by atoms with Crippen molar-refractivity contribution in [3.05, 3.63) is 47.3 Å². The predicted molar refractivity (Wildman–Crippen MR) is 102 cm³/mol. The minimum Gasteiger partial charge on any atom is -0.326 e. The molecule has 0 atom stereocenters. The van der Waals surface area contributed by atoms with E-state index in [2.05, 4.69) is 17.6 Å². The Bertz CT molecular complexity index is 705. The van der Waals surface area contributed by atoms with Crippen LogP contribution in [0, 0.1) is 5.92 Å². The first-order valence-corrected chi connectivity index (χ1v) is 9.53. The second-order valence-electron chi connectivity index (χ2n) is 6.21. The van der Waals surface area contributed by atoms with Crippen LogP contribution in [0.15, 0.2) is 41.8 Å². The molecule has 25 heavy (non-hydrogen) atoms. The lowest BCUT2D eigenvalue weighted by Crippen LogP contribution is -2.43. The number of nitrogens with zero attached hydrogens (tertiary/aromatic N) is 1.